The fourth-order valence-electron chi connectivity index (χ4n) is 2.77. The van der Waals surface area contributed by atoms with E-state index in [4.69, 9.17) is 4.98 Å². The Morgan fingerprint density at radius 3 is 2.62 bits per heavy atom. The molecule has 0 aromatic carbocycles. The summed E-state index contributed by atoms with van der Waals surface area (Å²) in [6.45, 7) is 10.9. The molecule has 1 aromatic heterocycles. The molecule has 1 aliphatic carbocycles. The average Bonchev–Trinajstić information content (AvgIpc) is 3.30. The Hall–Kier alpha value is -1.20. The molecule has 2 heterocycles. The highest BCUT2D eigenvalue weighted by atomic mass is 15.3. The van der Waals surface area contributed by atoms with Gasteiger partial charge in [-0.25, -0.2) is 4.98 Å². The summed E-state index contributed by atoms with van der Waals surface area (Å²) in [5.74, 6) is 2.02. The summed E-state index contributed by atoms with van der Waals surface area (Å²) in [6, 6.07) is 0.474. The van der Waals surface area contributed by atoms with Gasteiger partial charge in [-0.3, -0.25) is 9.88 Å². The minimum absolute atomic E-state index is 0.474. The second-order valence-electron chi connectivity index (χ2n) is 6.64. The predicted molar refractivity (Wildman–Crippen MR) is 85.4 cm³/mol. The first kappa shape index (κ1) is 14.7. The van der Waals surface area contributed by atoms with E-state index in [0.717, 1.165) is 50.2 Å². The summed E-state index contributed by atoms with van der Waals surface area (Å²) in [6.07, 6.45) is 6.64. The number of rotatable bonds is 6. The maximum atomic E-state index is 4.75. The fourth-order valence-corrected chi connectivity index (χ4v) is 2.77. The molecule has 0 bridgehead atoms. The first-order chi connectivity index (χ1) is 10.2. The topological polar surface area (TPSA) is 44.3 Å². The summed E-state index contributed by atoms with van der Waals surface area (Å²) < 4.78 is 0. The molecule has 3 rings (SSSR count). The maximum Gasteiger partial charge on any atom is 0.147 e. The van der Waals surface area contributed by atoms with E-state index in [1.165, 1.54) is 19.4 Å². The molecule has 0 radical (unpaired) electrons. The second-order valence-corrected chi connectivity index (χ2v) is 6.64. The van der Waals surface area contributed by atoms with Gasteiger partial charge in [0.2, 0.25) is 0 Å². The third kappa shape index (κ3) is 4.38. The molecule has 0 unspecified atom stereocenters. The van der Waals surface area contributed by atoms with Crippen molar-refractivity contribution in [3.8, 4) is 0 Å². The molecular weight excluding hydrogens is 262 g/mol. The first-order valence-corrected chi connectivity index (χ1v) is 8.22. The number of piperazine rings is 1. The highest BCUT2D eigenvalue weighted by molar-refractivity contribution is 5.37. The van der Waals surface area contributed by atoms with E-state index < -0.39 is 0 Å². The molecule has 116 valence electrons. The van der Waals surface area contributed by atoms with E-state index in [1.807, 2.05) is 12.4 Å². The maximum absolute atomic E-state index is 4.75. The number of aromatic nitrogens is 2. The predicted octanol–water partition coefficient (Wildman–Crippen LogP) is 1.51. The van der Waals surface area contributed by atoms with Crippen molar-refractivity contribution in [1.29, 1.82) is 0 Å². The van der Waals surface area contributed by atoms with Crippen LogP contribution in [0.1, 0.15) is 32.4 Å². The van der Waals surface area contributed by atoms with Crippen LogP contribution in [0, 0.1) is 5.92 Å². The van der Waals surface area contributed by atoms with E-state index in [2.05, 4.69) is 33.9 Å². The van der Waals surface area contributed by atoms with E-state index in [0.29, 0.717) is 6.04 Å². The van der Waals surface area contributed by atoms with Crippen LogP contribution in [0.2, 0.25) is 0 Å². The molecule has 1 aromatic rings. The third-order valence-corrected chi connectivity index (χ3v) is 4.27. The normalized spacial score (nSPS) is 20.2. The minimum Gasteiger partial charge on any atom is -0.353 e. The molecule has 2 aliphatic rings. The van der Waals surface area contributed by atoms with Gasteiger partial charge in [-0.05, 0) is 18.8 Å². The van der Waals surface area contributed by atoms with Crippen LogP contribution < -0.4 is 10.2 Å². The number of hydrogen-bond donors (Lipinski definition) is 1. The quantitative estimate of drug-likeness (QED) is 0.860. The molecule has 1 saturated carbocycles. The Labute approximate surface area is 127 Å². The number of nitrogens with zero attached hydrogens (tertiary/aromatic N) is 4. The SMILES string of the molecule is CC(C)NCc1cncc(N2CCN(CC3CC3)CC2)n1. The van der Waals surface area contributed by atoms with Gasteiger partial charge >= 0.3 is 0 Å². The van der Waals surface area contributed by atoms with Crippen molar-refractivity contribution >= 4 is 5.82 Å². The van der Waals surface area contributed by atoms with Crippen molar-refractivity contribution in [3.05, 3.63) is 18.1 Å². The largest absolute Gasteiger partial charge is 0.353 e. The fraction of sp³-hybridized carbons (Fsp3) is 0.750. The molecule has 1 N–H and O–H groups in total. The molecule has 1 aliphatic heterocycles. The Morgan fingerprint density at radius 1 is 1.19 bits per heavy atom. The Bertz CT molecular complexity index is 450. The summed E-state index contributed by atoms with van der Waals surface area (Å²) in [7, 11) is 0. The van der Waals surface area contributed by atoms with E-state index in [9.17, 15) is 0 Å². The zero-order chi connectivity index (χ0) is 14.7. The number of nitrogens with one attached hydrogen (secondary N) is 1. The van der Waals surface area contributed by atoms with Crippen LogP contribution in [0.4, 0.5) is 5.82 Å². The van der Waals surface area contributed by atoms with Crippen LogP contribution in [-0.4, -0.2) is 53.6 Å². The molecule has 0 spiro atoms. The summed E-state index contributed by atoms with van der Waals surface area (Å²) in [5, 5.41) is 3.40. The lowest BCUT2D eigenvalue weighted by atomic mass is 10.3. The first-order valence-electron chi connectivity index (χ1n) is 8.22. The van der Waals surface area contributed by atoms with Gasteiger partial charge in [-0.15, -0.1) is 0 Å². The van der Waals surface area contributed by atoms with Gasteiger partial charge in [0.25, 0.3) is 0 Å². The van der Waals surface area contributed by atoms with Crippen LogP contribution in [-0.2, 0) is 6.54 Å². The number of hydrogen-bond acceptors (Lipinski definition) is 5. The monoisotopic (exact) mass is 289 g/mol. The molecule has 21 heavy (non-hydrogen) atoms. The molecule has 5 heteroatoms. The van der Waals surface area contributed by atoms with Crippen molar-refractivity contribution < 1.29 is 0 Å². The average molecular weight is 289 g/mol. The van der Waals surface area contributed by atoms with Crippen molar-refractivity contribution in [3.63, 3.8) is 0 Å². The van der Waals surface area contributed by atoms with E-state index in [1.54, 1.807) is 0 Å². The standard InChI is InChI=1S/C16H27N5/c1-13(2)18-10-15-9-17-11-16(19-15)21-7-5-20(6-8-21)12-14-3-4-14/h9,11,13-14,18H,3-8,10,12H2,1-2H3. The third-order valence-electron chi connectivity index (χ3n) is 4.27. The van der Waals surface area contributed by atoms with Crippen molar-refractivity contribution in [2.45, 2.75) is 39.3 Å². The molecule has 0 atom stereocenters. The van der Waals surface area contributed by atoms with Crippen molar-refractivity contribution in [1.82, 2.24) is 20.2 Å². The lowest BCUT2D eigenvalue weighted by Gasteiger charge is -2.35. The molecular formula is C16H27N5. The van der Waals surface area contributed by atoms with Crippen molar-refractivity contribution in [2.24, 2.45) is 5.92 Å². The summed E-state index contributed by atoms with van der Waals surface area (Å²) >= 11 is 0. The molecule has 1 saturated heterocycles. The Balaban J connectivity index is 1.53. The minimum atomic E-state index is 0.474. The Kier molecular flexibility index (Phi) is 4.70. The van der Waals surface area contributed by atoms with Gasteiger partial charge in [0, 0.05) is 51.5 Å². The highest BCUT2D eigenvalue weighted by Crippen LogP contribution is 2.30. The smallest absolute Gasteiger partial charge is 0.147 e. The number of anilines is 1. The second kappa shape index (κ2) is 6.71. The van der Waals surface area contributed by atoms with Gasteiger partial charge < -0.3 is 10.2 Å². The van der Waals surface area contributed by atoms with Crippen LogP contribution in [0.3, 0.4) is 0 Å². The molecule has 2 fully saturated rings. The zero-order valence-corrected chi connectivity index (χ0v) is 13.3. The van der Waals surface area contributed by atoms with Gasteiger partial charge in [0.05, 0.1) is 11.9 Å². The van der Waals surface area contributed by atoms with E-state index in [-0.39, 0.29) is 0 Å². The van der Waals surface area contributed by atoms with Crippen LogP contribution in [0.25, 0.3) is 0 Å². The van der Waals surface area contributed by atoms with Crippen LogP contribution in [0.5, 0.6) is 0 Å². The van der Waals surface area contributed by atoms with Gasteiger partial charge in [-0.1, -0.05) is 13.8 Å². The Morgan fingerprint density at radius 2 is 1.95 bits per heavy atom. The summed E-state index contributed by atoms with van der Waals surface area (Å²) in [5.41, 5.74) is 1.03. The molecule has 5 nitrogen and oxygen atoms in total. The van der Waals surface area contributed by atoms with Gasteiger partial charge in [-0.2, -0.15) is 0 Å². The lowest BCUT2D eigenvalue weighted by molar-refractivity contribution is 0.247. The van der Waals surface area contributed by atoms with Gasteiger partial charge in [0.1, 0.15) is 5.82 Å². The van der Waals surface area contributed by atoms with E-state index >= 15 is 0 Å². The van der Waals surface area contributed by atoms with Crippen LogP contribution in [0.15, 0.2) is 12.4 Å². The van der Waals surface area contributed by atoms with Crippen molar-refractivity contribution in [2.75, 3.05) is 37.6 Å². The highest BCUT2D eigenvalue weighted by Gasteiger charge is 2.26. The lowest BCUT2D eigenvalue weighted by Crippen LogP contribution is -2.47. The zero-order valence-electron chi connectivity index (χ0n) is 13.3. The van der Waals surface area contributed by atoms with Crippen LogP contribution >= 0.6 is 0 Å². The summed E-state index contributed by atoms with van der Waals surface area (Å²) in [4.78, 5) is 14.1. The van der Waals surface area contributed by atoms with Gasteiger partial charge in [0.15, 0.2) is 0 Å². The molecule has 0 amide bonds.